The summed E-state index contributed by atoms with van der Waals surface area (Å²) in [7, 11) is 0. The van der Waals surface area contributed by atoms with Gasteiger partial charge in [0.05, 0.1) is 12.0 Å². The number of nitrogen functional groups attached to an aromatic ring is 1. The van der Waals surface area contributed by atoms with Gasteiger partial charge in [-0.2, -0.15) is 5.26 Å². The second-order valence-corrected chi connectivity index (χ2v) is 4.70. The third-order valence-electron chi connectivity index (χ3n) is 2.42. The predicted octanol–water partition coefficient (Wildman–Crippen LogP) is 3.25. The molecule has 2 N–H and O–H groups in total. The van der Waals surface area contributed by atoms with Crippen molar-refractivity contribution < 1.29 is 0 Å². The maximum atomic E-state index is 9.09. The molecule has 1 unspecified atom stereocenters. The van der Waals surface area contributed by atoms with E-state index < -0.39 is 0 Å². The zero-order valence-electron chi connectivity index (χ0n) is 9.32. The molecule has 2 nitrogen and oxygen atoms in total. The van der Waals surface area contributed by atoms with Crippen LogP contribution in [0.1, 0.15) is 25.3 Å². The summed E-state index contributed by atoms with van der Waals surface area (Å²) in [4.78, 5) is 1.05. The number of nitrogens with zero attached hydrogens (tertiary/aromatic N) is 1. The van der Waals surface area contributed by atoms with Crippen molar-refractivity contribution in [1.29, 1.82) is 5.26 Å². The number of benzene rings is 1. The molecule has 0 aliphatic rings. The lowest BCUT2D eigenvalue weighted by molar-refractivity contribution is 0.586. The van der Waals surface area contributed by atoms with E-state index in [4.69, 9.17) is 11.0 Å². The van der Waals surface area contributed by atoms with Crippen molar-refractivity contribution in [2.75, 3.05) is 12.0 Å². The molecular weight excluding hydrogens is 204 g/mol. The highest BCUT2D eigenvalue weighted by atomic mass is 32.2. The number of hydrogen-bond donors (Lipinski definition) is 1. The summed E-state index contributed by atoms with van der Waals surface area (Å²) in [5.74, 6) is 0.282. The van der Waals surface area contributed by atoms with Crippen molar-refractivity contribution in [3.8, 4) is 6.07 Å². The van der Waals surface area contributed by atoms with Crippen LogP contribution in [0.15, 0.2) is 23.1 Å². The Morgan fingerprint density at radius 2 is 2.07 bits per heavy atom. The minimum absolute atomic E-state index is 0.0449. The van der Waals surface area contributed by atoms with Crippen LogP contribution in [0, 0.1) is 17.2 Å². The summed E-state index contributed by atoms with van der Waals surface area (Å²) in [6.07, 6.45) is 1.99. The molecule has 0 radical (unpaired) electrons. The van der Waals surface area contributed by atoms with Gasteiger partial charge in [0, 0.05) is 10.6 Å². The first-order valence-electron chi connectivity index (χ1n) is 4.93. The molecule has 3 heteroatoms. The van der Waals surface area contributed by atoms with E-state index >= 15 is 0 Å². The Kier molecular flexibility index (Phi) is 4.05. The summed E-state index contributed by atoms with van der Waals surface area (Å²) in [5.41, 5.74) is 7.66. The lowest BCUT2D eigenvalue weighted by Gasteiger charge is -2.14. The molecule has 0 aliphatic carbocycles. The molecule has 0 amide bonds. The highest BCUT2D eigenvalue weighted by Gasteiger charge is 2.15. The monoisotopic (exact) mass is 220 g/mol. The third-order valence-corrected chi connectivity index (χ3v) is 3.22. The van der Waals surface area contributed by atoms with Gasteiger partial charge in [0.2, 0.25) is 0 Å². The summed E-state index contributed by atoms with van der Waals surface area (Å²) in [6.45, 7) is 4.12. The molecule has 0 spiro atoms. The highest BCUT2D eigenvalue weighted by molar-refractivity contribution is 7.98. The average Bonchev–Trinajstić information content (AvgIpc) is 2.21. The van der Waals surface area contributed by atoms with Gasteiger partial charge < -0.3 is 5.73 Å². The molecule has 1 rings (SSSR count). The number of rotatable bonds is 3. The fourth-order valence-corrected chi connectivity index (χ4v) is 2.09. The van der Waals surface area contributed by atoms with E-state index in [-0.39, 0.29) is 5.92 Å². The molecule has 0 fully saturated rings. The molecule has 0 heterocycles. The maximum Gasteiger partial charge on any atom is 0.0736 e. The van der Waals surface area contributed by atoms with Crippen molar-refractivity contribution >= 4 is 17.4 Å². The van der Waals surface area contributed by atoms with Gasteiger partial charge in [-0.3, -0.25) is 0 Å². The fourth-order valence-electron chi connectivity index (χ4n) is 1.53. The Labute approximate surface area is 95.5 Å². The minimum Gasteiger partial charge on any atom is -0.398 e. The van der Waals surface area contributed by atoms with Crippen molar-refractivity contribution in [2.45, 2.75) is 24.7 Å². The number of hydrogen-bond acceptors (Lipinski definition) is 3. The van der Waals surface area contributed by atoms with E-state index in [2.05, 4.69) is 19.9 Å². The zero-order valence-corrected chi connectivity index (χ0v) is 10.1. The summed E-state index contributed by atoms with van der Waals surface area (Å²) >= 11 is 1.61. The SMILES string of the molecule is CSc1cc(C(C#N)C(C)C)ccc1N. The van der Waals surface area contributed by atoms with Crippen molar-refractivity contribution in [3.63, 3.8) is 0 Å². The molecule has 1 atom stereocenters. The summed E-state index contributed by atoms with van der Waals surface area (Å²) in [6, 6.07) is 8.19. The van der Waals surface area contributed by atoms with Gasteiger partial charge >= 0.3 is 0 Å². The normalized spacial score (nSPS) is 12.5. The van der Waals surface area contributed by atoms with Crippen LogP contribution in [-0.2, 0) is 0 Å². The van der Waals surface area contributed by atoms with Gasteiger partial charge in [-0.05, 0) is 29.9 Å². The summed E-state index contributed by atoms with van der Waals surface area (Å²) < 4.78 is 0. The highest BCUT2D eigenvalue weighted by Crippen LogP contribution is 2.30. The van der Waals surface area contributed by atoms with Crippen LogP contribution in [0.3, 0.4) is 0 Å². The van der Waals surface area contributed by atoms with Crippen LogP contribution in [0.2, 0.25) is 0 Å². The predicted molar refractivity (Wildman–Crippen MR) is 65.8 cm³/mol. The molecule has 0 aromatic heterocycles. The van der Waals surface area contributed by atoms with Gasteiger partial charge in [-0.15, -0.1) is 11.8 Å². The van der Waals surface area contributed by atoms with Crippen molar-refractivity contribution in [1.82, 2.24) is 0 Å². The first-order chi connectivity index (χ1) is 7.10. The van der Waals surface area contributed by atoms with Gasteiger partial charge in [-0.25, -0.2) is 0 Å². The van der Waals surface area contributed by atoms with E-state index in [1.165, 1.54) is 0 Å². The molecule has 15 heavy (non-hydrogen) atoms. The summed E-state index contributed by atoms with van der Waals surface area (Å²) in [5, 5.41) is 9.09. The largest absolute Gasteiger partial charge is 0.398 e. The van der Waals surface area contributed by atoms with Gasteiger partial charge in [0.15, 0.2) is 0 Å². The lowest BCUT2D eigenvalue weighted by Crippen LogP contribution is -2.04. The van der Waals surface area contributed by atoms with E-state index in [0.717, 1.165) is 16.1 Å². The van der Waals surface area contributed by atoms with Crippen LogP contribution in [-0.4, -0.2) is 6.26 Å². The Morgan fingerprint density at radius 1 is 1.40 bits per heavy atom. The standard InChI is InChI=1S/C12H16N2S/c1-8(2)10(7-13)9-4-5-11(14)12(6-9)15-3/h4-6,8,10H,14H2,1-3H3. The number of thioether (sulfide) groups is 1. The van der Waals surface area contributed by atoms with E-state index in [9.17, 15) is 0 Å². The molecule has 0 saturated heterocycles. The second-order valence-electron chi connectivity index (χ2n) is 3.85. The number of nitriles is 1. The van der Waals surface area contributed by atoms with E-state index in [0.29, 0.717) is 5.92 Å². The Morgan fingerprint density at radius 3 is 2.53 bits per heavy atom. The smallest absolute Gasteiger partial charge is 0.0736 e. The number of anilines is 1. The maximum absolute atomic E-state index is 9.09. The van der Waals surface area contributed by atoms with E-state index in [1.54, 1.807) is 11.8 Å². The zero-order chi connectivity index (χ0) is 11.4. The molecule has 0 bridgehead atoms. The molecule has 1 aromatic carbocycles. The topological polar surface area (TPSA) is 49.8 Å². The molecule has 1 aromatic rings. The lowest BCUT2D eigenvalue weighted by atomic mass is 9.90. The molecular formula is C12H16N2S. The van der Waals surface area contributed by atoms with Gasteiger partial charge in [-0.1, -0.05) is 19.9 Å². The quantitative estimate of drug-likeness (QED) is 0.628. The van der Waals surface area contributed by atoms with E-state index in [1.807, 2.05) is 24.5 Å². The average molecular weight is 220 g/mol. The van der Waals surface area contributed by atoms with Crippen LogP contribution < -0.4 is 5.73 Å². The Bertz CT molecular complexity index is 380. The van der Waals surface area contributed by atoms with Crippen molar-refractivity contribution in [3.05, 3.63) is 23.8 Å². The second kappa shape index (κ2) is 5.09. The molecule has 0 saturated carbocycles. The van der Waals surface area contributed by atoms with Crippen LogP contribution in [0.5, 0.6) is 0 Å². The minimum atomic E-state index is -0.0449. The Balaban J connectivity index is 3.10. The van der Waals surface area contributed by atoms with Gasteiger partial charge in [0.1, 0.15) is 0 Å². The van der Waals surface area contributed by atoms with Gasteiger partial charge in [0.25, 0.3) is 0 Å². The molecule has 0 aliphatic heterocycles. The third kappa shape index (κ3) is 2.66. The van der Waals surface area contributed by atoms with Crippen LogP contribution in [0.4, 0.5) is 5.69 Å². The number of nitrogens with two attached hydrogens (primary N) is 1. The van der Waals surface area contributed by atoms with Crippen LogP contribution >= 0.6 is 11.8 Å². The molecule has 80 valence electrons. The van der Waals surface area contributed by atoms with Crippen molar-refractivity contribution in [2.24, 2.45) is 5.92 Å². The van der Waals surface area contributed by atoms with Crippen LogP contribution in [0.25, 0.3) is 0 Å². The first-order valence-corrected chi connectivity index (χ1v) is 6.15. The fraction of sp³-hybridized carbons (Fsp3) is 0.417. The first kappa shape index (κ1) is 11.9. The Hall–Kier alpha value is -1.14.